The second-order valence-corrected chi connectivity index (χ2v) is 10.6. The van der Waals surface area contributed by atoms with Crippen LogP contribution in [-0.2, 0) is 9.53 Å². The van der Waals surface area contributed by atoms with Gasteiger partial charge in [0.05, 0.1) is 12.5 Å². The smallest absolute Gasteiger partial charge is 0.308 e. The van der Waals surface area contributed by atoms with E-state index in [0.29, 0.717) is 12.0 Å². The second-order valence-electron chi connectivity index (χ2n) is 10.6. The highest BCUT2D eigenvalue weighted by Crippen LogP contribution is 2.63. The van der Waals surface area contributed by atoms with Crippen LogP contribution in [0.5, 0.6) is 0 Å². The first-order valence-corrected chi connectivity index (χ1v) is 12.8. The Balaban J connectivity index is 1.37. The fourth-order valence-electron chi connectivity index (χ4n) is 6.77. The predicted molar refractivity (Wildman–Crippen MR) is 117 cm³/mol. The lowest BCUT2D eigenvalue weighted by atomic mass is 9.47. The zero-order valence-corrected chi connectivity index (χ0v) is 18.9. The Hall–Kier alpha value is -0.530. The summed E-state index contributed by atoms with van der Waals surface area (Å²) in [6.45, 7) is 5.22. The molecule has 4 saturated carbocycles. The minimum Gasteiger partial charge on any atom is -0.465 e. The number of rotatable bonds is 11. The molecule has 0 aliphatic heterocycles. The third-order valence-electron chi connectivity index (χ3n) is 8.94. The number of carbonyl (C=O) groups is 1. The second kappa shape index (κ2) is 10.5. The molecule has 4 aliphatic carbocycles. The van der Waals surface area contributed by atoms with E-state index >= 15 is 0 Å². The molecule has 0 heterocycles. The van der Waals surface area contributed by atoms with E-state index in [0.717, 1.165) is 30.6 Å². The Kier molecular flexibility index (Phi) is 8.30. The van der Waals surface area contributed by atoms with Gasteiger partial charge in [0.25, 0.3) is 0 Å². The number of unbranched alkanes of at least 4 members (excludes halogenated alkanes) is 5. The predicted octanol–water partition coefficient (Wildman–Crippen LogP) is 7.84. The van der Waals surface area contributed by atoms with E-state index < -0.39 is 0 Å². The van der Waals surface area contributed by atoms with Crippen LogP contribution in [-0.4, -0.2) is 12.6 Å². The molecule has 0 amide bonds. The van der Waals surface area contributed by atoms with Gasteiger partial charge in [-0.2, -0.15) is 0 Å². The van der Waals surface area contributed by atoms with Crippen molar-refractivity contribution in [3.63, 3.8) is 0 Å². The lowest BCUT2D eigenvalue weighted by molar-refractivity contribution is -0.151. The van der Waals surface area contributed by atoms with Crippen molar-refractivity contribution in [1.82, 2.24) is 0 Å². The van der Waals surface area contributed by atoms with E-state index in [1.54, 1.807) is 0 Å². The number of hydrogen-bond donors (Lipinski definition) is 0. The number of esters is 1. The molecule has 0 radical (unpaired) electrons. The summed E-state index contributed by atoms with van der Waals surface area (Å²) in [5.74, 6) is 1.19. The van der Waals surface area contributed by atoms with Gasteiger partial charge in [-0.15, -0.1) is 0 Å². The van der Waals surface area contributed by atoms with Crippen molar-refractivity contribution in [2.24, 2.45) is 22.7 Å². The third kappa shape index (κ3) is 5.33. The van der Waals surface area contributed by atoms with Gasteiger partial charge in [0.2, 0.25) is 0 Å². The molecule has 4 fully saturated rings. The number of fused-ring (bicyclic) bond motifs is 3. The highest BCUT2D eigenvalue weighted by atomic mass is 16.5. The summed E-state index contributed by atoms with van der Waals surface area (Å²) in [6.07, 6.45) is 24.0. The Labute approximate surface area is 174 Å². The Morgan fingerprint density at radius 3 is 2.00 bits per heavy atom. The highest BCUT2D eigenvalue weighted by Gasteiger charge is 2.51. The molecule has 2 heteroatoms. The van der Waals surface area contributed by atoms with Crippen molar-refractivity contribution < 1.29 is 9.53 Å². The normalized spacial score (nSPS) is 35.1. The maximum absolute atomic E-state index is 12.4. The first-order valence-electron chi connectivity index (χ1n) is 12.8. The van der Waals surface area contributed by atoms with Gasteiger partial charge >= 0.3 is 5.97 Å². The van der Waals surface area contributed by atoms with E-state index in [2.05, 4.69) is 13.8 Å². The molecule has 0 aromatic rings. The van der Waals surface area contributed by atoms with Crippen molar-refractivity contribution in [1.29, 1.82) is 0 Å². The molecule has 0 aromatic carbocycles. The molecular weight excluding hydrogens is 344 g/mol. The van der Waals surface area contributed by atoms with Crippen LogP contribution in [0.4, 0.5) is 0 Å². The molecule has 0 saturated heterocycles. The number of ether oxygens (including phenoxy) is 1. The van der Waals surface area contributed by atoms with Gasteiger partial charge in [0, 0.05) is 0 Å². The van der Waals surface area contributed by atoms with Gasteiger partial charge in [-0.3, -0.25) is 4.79 Å². The van der Waals surface area contributed by atoms with Gasteiger partial charge in [0.1, 0.15) is 0 Å². The summed E-state index contributed by atoms with van der Waals surface area (Å²) in [5.41, 5.74) is 1.36. The first kappa shape index (κ1) is 22.2. The molecule has 162 valence electrons. The highest BCUT2D eigenvalue weighted by molar-refractivity contribution is 5.72. The van der Waals surface area contributed by atoms with Crippen molar-refractivity contribution in [3.05, 3.63) is 0 Å². The SMILES string of the molecule is CCCCCCCOC(=O)C1CCC(C23CCC(CCCC)(CC2)CC3)CC1. The molecule has 4 aliphatic rings. The Bertz CT molecular complexity index is 450. The van der Waals surface area contributed by atoms with Crippen LogP contribution in [0, 0.1) is 22.7 Å². The number of hydrogen-bond acceptors (Lipinski definition) is 2. The van der Waals surface area contributed by atoms with E-state index in [9.17, 15) is 4.79 Å². The summed E-state index contributed by atoms with van der Waals surface area (Å²) >= 11 is 0. The van der Waals surface area contributed by atoms with Crippen molar-refractivity contribution in [3.8, 4) is 0 Å². The quantitative estimate of drug-likeness (QED) is 0.265. The van der Waals surface area contributed by atoms with Crippen LogP contribution < -0.4 is 0 Å². The summed E-state index contributed by atoms with van der Waals surface area (Å²) in [4.78, 5) is 12.4. The summed E-state index contributed by atoms with van der Waals surface area (Å²) in [7, 11) is 0. The molecule has 0 aromatic heterocycles. The molecule has 2 nitrogen and oxygen atoms in total. The fourth-order valence-corrected chi connectivity index (χ4v) is 6.77. The molecular formula is C26H46O2. The van der Waals surface area contributed by atoms with Gasteiger partial charge in [-0.25, -0.2) is 0 Å². The summed E-state index contributed by atoms with van der Waals surface area (Å²) in [6, 6.07) is 0. The largest absolute Gasteiger partial charge is 0.465 e. The third-order valence-corrected chi connectivity index (χ3v) is 8.94. The van der Waals surface area contributed by atoms with Crippen molar-refractivity contribution >= 4 is 5.97 Å². The molecule has 2 bridgehead atoms. The monoisotopic (exact) mass is 390 g/mol. The lowest BCUT2D eigenvalue weighted by Crippen LogP contribution is -2.46. The summed E-state index contributed by atoms with van der Waals surface area (Å²) < 4.78 is 5.61. The average Bonchev–Trinajstić information content (AvgIpc) is 2.76. The van der Waals surface area contributed by atoms with Crippen molar-refractivity contribution in [2.45, 2.75) is 129 Å². The number of carbonyl (C=O) groups excluding carboxylic acids is 1. The fraction of sp³-hybridized carbons (Fsp3) is 0.962. The maximum atomic E-state index is 12.4. The first-order chi connectivity index (χ1) is 13.6. The van der Waals surface area contributed by atoms with E-state index in [1.165, 1.54) is 96.3 Å². The zero-order chi connectivity index (χ0) is 19.9. The van der Waals surface area contributed by atoms with Crippen LogP contribution >= 0.6 is 0 Å². The minimum absolute atomic E-state index is 0.109. The topological polar surface area (TPSA) is 26.3 Å². The van der Waals surface area contributed by atoms with Crippen LogP contribution in [0.15, 0.2) is 0 Å². The molecule has 4 rings (SSSR count). The summed E-state index contributed by atoms with van der Waals surface area (Å²) in [5, 5.41) is 0. The molecule has 28 heavy (non-hydrogen) atoms. The van der Waals surface area contributed by atoms with Gasteiger partial charge in [0.15, 0.2) is 0 Å². The lowest BCUT2D eigenvalue weighted by Gasteiger charge is -2.58. The van der Waals surface area contributed by atoms with Crippen LogP contribution in [0.2, 0.25) is 0 Å². The molecule has 0 N–H and O–H groups in total. The minimum atomic E-state index is 0.109. The molecule has 0 spiro atoms. The standard InChI is InChI=1S/C26H46O2/c1-3-5-7-8-9-21-28-24(27)22-10-12-23(13-11-22)26-18-15-25(16-19-26,17-20-26)14-6-4-2/h22-23H,3-21H2,1-2H3. The van der Waals surface area contributed by atoms with Gasteiger partial charge < -0.3 is 4.74 Å². The Morgan fingerprint density at radius 2 is 1.39 bits per heavy atom. The maximum Gasteiger partial charge on any atom is 0.308 e. The van der Waals surface area contributed by atoms with E-state index in [-0.39, 0.29) is 11.9 Å². The van der Waals surface area contributed by atoms with E-state index in [4.69, 9.17) is 4.74 Å². The van der Waals surface area contributed by atoms with Gasteiger partial charge in [-0.05, 0) is 93.8 Å². The van der Waals surface area contributed by atoms with Crippen LogP contribution in [0.1, 0.15) is 129 Å². The zero-order valence-electron chi connectivity index (χ0n) is 18.9. The van der Waals surface area contributed by atoms with Crippen LogP contribution in [0.3, 0.4) is 0 Å². The van der Waals surface area contributed by atoms with Crippen LogP contribution in [0.25, 0.3) is 0 Å². The Morgan fingerprint density at radius 1 is 0.786 bits per heavy atom. The molecule has 0 atom stereocenters. The average molecular weight is 391 g/mol. The van der Waals surface area contributed by atoms with E-state index in [1.807, 2.05) is 0 Å². The van der Waals surface area contributed by atoms with Gasteiger partial charge in [-0.1, -0.05) is 52.4 Å². The molecule has 0 unspecified atom stereocenters. The van der Waals surface area contributed by atoms with Crippen molar-refractivity contribution in [2.75, 3.05) is 6.61 Å².